The summed E-state index contributed by atoms with van der Waals surface area (Å²) in [6.07, 6.45) is 0. The van der Waals surface area contributed by atoms with Crippen molar-refractivity contribution < 1.29 is 17.9 Å². The van der Waals surface area contributed by atoms with Gasteiger partial charge in [0.15, 0.2) is 0 Å². The minimum Gasteiger partial charge on any atom is -0.496 e. The summed E-state index contributed by atoms with van der Waals surface area (Å²) < 4.78 is 30.1. The Balaban J connectivity index is 2.15. The van der Waals surface area contributed by atoms with Crippen LogP contribution in [0.1, 0.15) is 21.5 Å². The summed E-state index contributed by atoms with van der Waals surface area (Å²) in [7, 11) is -2.42. The fraction of sp³-hybridized carbons (Fsp3) is 0.188. The fourth-order valence-corrected chi connectivity index (χ4v) is 3.68. The number of halogens is 1. The first kappa shape index (κ1) is 18.4. The first-order chi connectivity index (χ1) is 11.2. The second-order valence-electron chi connectivity index (χ2n) is 5.17. The minimum atomic E-state index is -3.90. The molecule has 0 aliphatic rings. The summed E-state index contributed by atoms with van der Waals surface area (Å²) in [5.74, 6) is -0.0167. The number of nitrogens with one attached hydrogen (secondary N) is 2. The second kappa shape index (κ2) is 7.33. The zero-order chi connectivity index (χ0) is 17.9. The normalized spacial score (nSPS) is 11.2. The van der Waals surface area contributed by atoms with Crippen molar-refractivity contribution >= 4 is 31.9 Å². The summed E-state index contributed by atoms with van der Waals surface area (Å²) in [5, 5.41) is 0. The molecule has 6 nitrogen and oxygen atoms in total. The number of benzene rings is 2. The molecular weight excluding hydrogens is 396 g/mol. The maximum Gasteiger partial charge on any atom is 0.266 e. The Morgan fingerprint density at radius 3 is 2.42 bits per heavy atom. The van der Waals surface area contributed by atoms with E-state index in [-0.39, 0.29) is 4.90 Å². The molecule has 0 aliphatic carbocycles. The van der Waals surface area contributed by atoms with E-state index in [0.29, 0.717) is 15.8 Å². The molecule has 0 saturated heterocycles. The van der Waals surface area contributed by atoms with Gasteiger partial charge in [-0.05, 0) is 59.6 Å². The standard InChI is InChI=1S/C16H17BrN2O4S/c1-10-4-6-13(11(2)8-10)16(20)18-19-24(21,22)12-5-7-15(23-3)14(17)9-12/h4-9,19H,1-3H3,(H,18,20). The molecule has 0 radical (unpaired) electrons. The van der Waals surface area contributed by atoms with Crippen molar-refractivity contribution in [3.63, 3.8) is 0 Å². The third-order valence-corrected chi connectivity index (χ3v) is 5.22. The number of carbonyl (C=O) groups excluding carboxylic acids is 1. The van der Waals surface area contributed by atoms with Crippen molar-refractivity contribution in [2.75, 3.05) is 7.11 Å². The summed E-state index contributed by atoms with van der Waals surface area (Å²) >= 11 is 3.23. The molecule has 0 aromatic heterocycles. The van der Waals surface area contributed by atoms with E-state index in [1.54, 1.807) is 19.1 Å². The van der Waals surface area contributed by atoms with Crippen LogP contribution in [0, 0.1) is 13.8 Å². The van der Waals surface area contributed by atoms with Gasteiger partial charge in [-0.3, -0.25) is 10.2 Å². The Morgan fingerprint density at radius 2 is 1.83 bits per heavy atom. The lowest BCUT2D eigenvalue weighted by Crippen LogP contribution is -2.41. The number of aryl methyl sites for hydroxylation is 2. The SMILES string of the molecule is COc1ccc(S(=O)(=O)NNC(=O)c2ccc(C)cc2C)cc1Br. The monoisotopic (exact) mass is 412 g/mol. The van der Waals surface area contributed by atoms with Gasteiger partial charge in [0.2, 0.25) is 0 Å². The van der Waals surface area contributed by atoms with E-state index in [9.17, 15) is 13.2 Å². The van der Waals surface area contributed by atoms with E-state index in [0.717, 1.165) is 11.1 Å². The zero-order valence-electron chi connectivity index (χ0n) is 13.4. The van der Waals surface area contributed by atoms with Gasteiger partial charge < -0.3 is 4.74 Å². The Morgan fingerprint density at radius 1 is 1.12 bits per heavy atom. The number of rotatable bonds is 5. The van der Waals surface area contributed by atoms with E-state index < -0.39 is 15.9 Å². The lowest BCUT2D eigenvalue weighted by molar-refractivity contribution is 0.0944. The van der Waals surface area contributed by atoms with Crippen LogP contribution in [0.3, 0.4) is 0 Å². The van der Waals surface area contributed by atoms with Crippen LogP contribution in [0.2, 0.25) is 0 Å². The highest BCUT2D eigenvalue weighted by Crippen LogP contribution is 2.27. The predicted molar refractivity (Wildman–Crippen MR) is 94.4 cm³/mol. The molecule has 0 atom stereocenters. The van der Waals surface area contributed by atoms with Gasteiger partial charge in [0, 0.05) is 5.56 Å². The zero-order valence-corrected chi connectivity index (χ0v) is 15.8. The molecular formula is C16H17BrN2O4S. The van der Waals surface area contributed by atoms with Gasteiger partial charge in [-0.15, -0.1) is 4.83 Å². The maximum atomic E-state index is 12.3. The summed E-state index contributed by atoms with van der Waals surface area (Å²) in [4.78, 5) is 14.2. The topological polar surface area (TPSA) is 84.5 Å². The number of sulfonamides is 1. The lowest BCUT2D eigenvalue weighted by Gasteiger charge is -2.11. The van der Waals surface area contributed by atoms with Crippen LogP contribution in [0.4, 0.5) is 0 Å². The molecule has 0 fully saturated rings. The molecule has 2 aromatic rings. The van der Waals surface area contributed by atoms with E-state index in [4.69, 9.17) is 4.74 Å². The van der Waals surface area contributed by atoms with Crippen LogP contribution in [0.5, 0.6) is 5.75 Å². The molecule has 0 saturated carbocycles. The van der Waals surface area contributed by atoms with E-state index in [1.165, 1.54) is 25.3 Å². The van der Waals surface area contributed by atoms with Crippen molar-refractivity contribution in [3.05, 3.63) is 57.6 Å². The number of methoxy groups -OCH3 is 1. The molecule has 2 N–H and O–H groups in total. The average molecular weight is 413 g/mol. The van der Waals surface area contributed by atoms with Crippen molar-refractivity contribution in [1.82, 2.24) is 10.3 Å². The van der Waals surface area contributed by atoms with Gasteiger partial charge in [0.05, 0.1) is 16.5 Å². The van der Waals surface area contributed by atoms with Crippen molar-refractivity contribution in [3.8, 4) is 5.75 Å². The van der Waals surface area contributed by atoms with Gasteiger partial charge in [-0.1, -0.05) is 17.7 Å². The molecule has 24 heavy (non-hydrogen) atoms. The molecule has 2 aromatic carbocycles. The highest BCUT2D eigenvalue weighted by atomic mass is 79.9. The van der Waals surface area contributed by atoms with Crippen LogP contribution >= 0.6 is 15.9 Å². The highest BCUT2D eigenvalue weighted by Gasteiger charge is 2.18. The maximum absolute atomic E-state index is 12.3. The molecule has 0 heterocycles. The van der Waals surface area contributed by atoms with Crippen LogP contribution in [0.15, 0.2) is 45.8 Å². The highest BCUT2D eigenvalue weighted by molar-refractivity contribution is 9.10. The van der Waals surface area contributed by atoms with Crippen molar-refractivity contribution in [1.29, 1.82) is 0 Å². The third-order valence-electron chi connectivity index (χ3n) is 3.36. The summed E-state index contributed by atoms with van der Waals surface area (Å²) in [6.45, 7) is 3.70. The van der Waals surface area contributed by atoms with Crippen LogP contribution in [-0.2, 0) is 10.0 Å². The van der Waals surface area contributed by atoms with Gasteiger partial charge in [0.1, 0.15) is 5.75 Å². The number of hydrogen-bond acceptors (Lipinski definition) is 4. The van der Waals surface area contributed by atoms with E-state index in [2.05, 4.69) is 26.2 Å². The van der Waals surface area contributed by atoms with Gasteiger partial charge >= 0.3 is 0 Å². The molecule has 128 valence electrons. The molecule has 0 spiro atoms. The van der Waals surface area contributed by atoms with Gasteiger partial charge in [-0.2, -0.15) is 0 Å². The van der Waals surface area contributed by atoms with Crippen molar-refractivity contribution in [2.45, 2.75) is 18.7 Å². The molecule has 0 unspecified atom stereocenters. The molecule has 0 aliphatic heterocycles. The number of carbonyl (C=O) groups is 1. The first-order valence-corrected chi connectivity index (χ1v) is 9.25. The van der Waals surface area contributed by atoms with Crippen LogP contribution in [0.25, 0.3) is 0 Å². The van der Waals surface area contributed by atoms with E-state index in [1.807, 2.05) is 13.0 Å². The molecule has 8 heteroatoms. The Hall–Kier alpha value is -1.90. The van der Waals surface area contributed by atoms with Gasteiger partial charge in [0.25, 0.3) is 15.9 Å². The number of ether oxygens (including phenoxy) is 1. The predicted octanol–water partition coefficient (Wildman–Crippen LogP) is 2.70. The minimum absolute atomic E-state index is 0.00361. The Bertz CT molecular complexity index is 882. The van der Waals surface area contributed by atoms with Crippen LogP contribution < -0.4 is 15.0 Å². The average Bonchev–Trinajstić information content (AvgIpc) is 2.52. The summed E-state index contributed by atoms with van der Waals surface area (Å²) in [6, 6.07) is 9.59. The molecule has 2 rings (SSSR count). The van der Waals surface area contributed by atoms with Gasteiger partial charge in [-0.25, -0.2) is 8.42 Å². The first-order valence-electron chi connectivity index (χ1n) is 6.97. The quantitative estimate of drug-likeness (QED) is 0.739. The fourth-order valence-electron chi connectivity index (χ4n) is 2.12. The second-order valence-corrected chi connectivity index (χ2v) is 7.71. The molecule has 0 bridgehead atoms. The lowest BCUT2D eigenvalue weighted by atomic mass is 10.1. The molecule has 1 amide bonds. The number of hydrazine groups is 1. The Kier molecular flexibility index (Phi) is 5.63. The summed E-state index contributed by atoms with van der Waals surface area (Å²) in [5.41, 5.74) is 4.41. The van der Waals surface area contributed by atoms with Crippen molar-refractivity contribution in [2.24, 2.45) is 0 Å². The Labute approximate surface area is 149 Å². The number of hydrogen-bond donors (Lipinski definition) is 2. The number of amides is 1. The van der Waals surface area contributed by atoms with E-state index >= 15 is 0 Å². The third kappa shape index (κ3) is 4.14. The largest absolute Gasteiger partial charge is 0.496 e. The smallest absolute Gasteiger partial charge is 0.266 e. The van der Waals surface area contributed by atoms with Crippen LogP contribution in [-0.4, -0.2) is 21.4 Å².